The van der Waals surface area contributed by atoms with E-state index in [4.69, 9.17) is 0 Å². The molecule has 0 saturated heterocycles. The Morgan fingerprint density at radius 1 is 1.10 bits per heavy atom. The molecule has 0 unspecified atom stereocenters. The first-order valence-corrected chi connectivity index (χ1v) is 8.23. The predicted molar refractivity (Wildman–Crippen MR) is 80.8 cm³/mol. The van der Waals surface area contributed by atoms with Crippen molar-refractivity contribution in [3.05, 3.63) is 57.6 Å². The fourth-order valence-corrected chi connectivity index (χ4v) is 3.88. The number of rotatable bonds is 3. The van der Waals surface area contributed by atoms with Crippen molar-refractivity contribution in [1.82, 2.24) is 0 Å². The molecule has 0 aliphatic heterocycles. The van der Waals surface area contributed by atoms with Crippen LogP contribution in [0.4, 0.5) is 14.5 Å². The number of anilines is 1. The van der Waals surface area contributed by atoms with Gasteiger partial charge in [-0.2, -0.15) is 0 Å². The molecule has 2 aromatic rings. The Morgan fingerprint density at radius 3 is 2.38 bits per heavy atom. The fourth-order valence-electron chi connectivity index (χ4n) is 1.83. The monoisotopic (exact) mass is 375 g/mol. The standard InChI is InChI=1S/C14H12BrF2NO2S/c1-8-3-4-9(2)13(5-8)21(19,20)18-14-11(15)6-10(16)7-12(14)17/h3-7,18H,1-2H3. The normalized spacial score (nSPS) is 11.5. The molecule has 0 bridgehead atoms. The zero-order chi connectivity index (χ0) is 15.8. The minimum absolute atomic E-state index is 0.00567. The van der Waals surface area contributed by atoms with Crippen molar-refractivity contribution in [2.45, 2.75) is 18.7 Å². The average molecular weight is 376 g/mol. The van der Waals surface area contributed by atoms with Gasteiger partial charge in [-0.25, -0.2) is 17.2 Å². The van der Waals surface area contributed by atoms with Gasteiger partial charge in [0, 0.05) is 10.5 Å². The molecule has 1 N–H and O–H groups in total. The number of aryl methyl sites for hydroxylation is 2. The van der Waals surface area contributed by atoms with E-state index in [1.807, 2.05) is 0 Å². The topological polar surface area (TPSA) is 46.2 Å². The number of halogens is 3. The van der Waals surface area contributed by atoms with Gasteiger partial charge in [-0.15, -0.1) is 0 Å². The first kappa shape index (κ1) is 15.9. The summed E-state index contributed by atoms with van der Waals surface area (Å²) in [5.41, 5.74) is 0.976. The van der Waals surface area contributed by atoms with Gasteiger partial charge >= 0.3 is 0 Å². The van der Waals surface area contributed by atoms with Gasteiger partial charge in [0.05, 0.1) is 10.6 Å². The Balaban J connectivity index is 2.50. The van der Waals surface area contributed by atoms with Crippen LogP contribution in [0.5, 0.6) is 0 Å². The van der Waals surface area contributed by atoms with Crippen molar-refractivity contribution in [3.63, 3.8) is 0 Å². The zero-order valence-electron chi connectivity index (χ0n) is 11.2. The van der Waals surface area contributed by atoms with E-state index in [9.17, 15) is 17.2 Å². The van der Waals surface area contributed by atoms with Crippen molar-refractivity contribution in [3.8, 4) is 0 Å². The molecule has 0 heterocycles. The van der Waals surface area contributed by atoms with Crippen LogP contribution in [0.1, 0.15) is 11.1 Å². The van der Waals surface area contributed by atoms with Gasteiger partial charge < -0.3 is 0 Å². The lowest BCUT2D eigenvalue weighted by atomic mass is 10.2. The first-order valence-electron chi connectivity index (χ1n) is 5.95. The molecular formula is C14H12BrF2NO2S. The maximum Gasteiger partial charge on any atom is 0.262 e. The van der Waals surface area contributed by atoms with E-state index < -0.39 is 21.7 Å². The molecule has 0 aliphatic rings. The summed E-state index contributed by atoms with van der Waals surface area (Å²) < 4.78 is 53.7. The summed E-state index contributed by atoms with van der Waals surface area (Å²) in [6, 6.07) is 6.55. The van der Waals surface area contributed by atoms with Crippen LogP contribution in [0, 0.1) is 25.5 Å². The molecular weight excluding hydrogens is 364 g/mol. The first-order chi connectivity index (χ1) is 9.70. The van der Waals surface area contributed by atoms with Crippen LogP contribution in [0.15, 0.2) is 39.7 Å². The third-order valence-electron chi connectivity index (χ3n) is 2.88. The molecule has 2 aromatic carbocycles. The second-order valence-electron chi connectivity index (χ2n) is 4.62. The molecule has 7 heteroatoms. The molecule has 0 spiro atoms. The lowest BCUT2D eigenvalue weighted by Crippen LogP contribution is -2.16. The van der Waals surface area contributed by atoms with Crippen LogP contribution < -0.4 is 4.72 Å². The van der Waals surface area contributed by atoms with E-state index in [0.29, 0.717) is 11.6 Å². The van der Waals surface area contributed by atoms with Crippen LogP contribution >= 0.6 is 15.9 Å². The smallest absolute Gasteiger partial charge is 0.262 e. The Kier molecular flexibility index (Phi) is 4.34. The molecule has 0 atom stereocenters. The largest absolute Gasteiger partial charge is 0.275 e. The van der Waals surface area contributed by atoms with E-state index in [0.717, 1.165) is 11.6 Å². The van der Waals surface area contributed by atoms with E-state index in [1.165, 1.54) is 6.07 Å². The number of sulfonamides is 1. The van der Waals surface area contributed by atoms with Gasteiger partial charge in [-0.05, 0) is 53.0 Å². The molecule has 0 aromatic heterocycles. The van der Waals surface area contributed by atoms with Gasteiger partial charge in [0.1, 0.15) is 5.82 Å². The average Bonchev–Trinajstić information content (AvgIpc) is 2.36. The van der Waals surface area contributed by atoms with Crippen molar-refractivity contribution in [2.24, 2.45) is 0 Å². The maximum atomic E-state index is 13.7. The van der Waals surface area contributed by atoms with E-state index in [1.54, 1.807) is 26.0 Å². The number of nitrogens with one attached hydrogen (secondary N) is 1. The summed E-state index contributed by atoms with van der Waals surface area (Å²) in [4.78, 5) is 0.0538. The van der Waals surface area contributed by atoms with Crippen molar-refractivity contribution in [1.29, 1.82) is 0 Å². The van der Waals surface area contributed by atoms with E-state index in [2.05, 4.69) is 20.7 Å². The fraction of sp³-hybridized carbons (Fsp3) is 0.143. The van der Waals surface area contributed by atoms with Crippen LogP contribution in [-0.4, -0.2) is 8.42 Å². The number of hydrogen-bond acceptors (Lipinski definition) is 2. The van der Waals surface area contributed by atoms with Crippen LogP contribution in [-0.2, 0) is 10.0 Å². The van der Waals surface area contributed by atoms with Crippen molar-refractivity contribution < 1.29 is 17.2 Å². The zero-order valence-corrected chi connectivity index (χ0v) is 13.6. The summed E-state index contributed by atoms with van der Waals surface area (Å²) in [6.45, 7) is 3.40. The lowest BCUT2D eigenvalue weighted by molar-refractivity contribution is 0.581. The van der Waals surface area contributed by atoms with Gasteiger partial charge in [0.25, 0.3) is 10.0 Å². The molecule has 0 amide bonds. The minimum atomic E-state index is -3.97. The van der Waals surface area contributed by atoms with Crippen molar-refractivity contribution in [2.75, 3.05) is 4.72 Å². The Bertz CT molecular complexity index is 784. The highest BCUT2D eigenvalue weighted by Gasteiger charge is 2.21. The molecule has 21 heavy (non-hydrogen) atoms. The van der Waals surface area contributed by atoms with E-state index >= 15 is 0 Å². The van der Waals surface area contributed by atoms with Crippen LogP contribution in [0.2, 0.25) is 0 Å². The molecule has 0 saturated carbocycles. The maximum absolute atomic E-state index is 13.7. The highest BCUT2D eigenvalue weighted by molar-refractivity contribution is 9.10. The summed E-state index contributed by atoms with van der Waals surface area (Å²) in [7, 11) is -3.97. The lowest BCUT2D eigenvalue weighted by Gasteiger charge is -2.13. The summed E-state index contributed by atoms with van der Waals surface area (Å²) >= 11 is 2.95. The summed E-state index contributed by atoms with van der Waals surface area (Å²) in [6.07, 6.45) is 0. The Morgan fingerprint density at radius 2 is 1.76 bits per heavy atom. The van der Waals surface area contributed by atoms with Crippen LogP contribution in [0.3, 0.4) is 0 Å². The molecule has 112 valence electrons. The third kappa shape index (κ3) is 3.41. The Hall–Kier alpha value is -1.47. The summed E-state index contributed by atoms with van der Waals surface area (Å²) in [5.74, 6) is -1.79. The molecule has 0 radical (unpaired) electrons. The third-order valence-corrected chi connectivity index (χ3v) is 4.99. The molecule has 3 nitrogen and oxygen atoms in total. The number of benzene rings is 2. The van der Waals surface area contributed by atoms with Crippen LogP contribution in [0.25, 0.3) is 0 Å². The Labute approximate surface area is 130 Å². The van der Waals surface area contributed by atoms with Gasteiger partial charge in [-0.1, -0.05) is 12.1 Å². The van der Waals surface area contributed by atoms with Gasteiger partial charge in [0.2, 0.25) is 0 Å². The minimum Gasteiger partial charge on any atom is -0.275 e. The second kappa shape index (κ2) is 5.73. The second-order valence-corrected chi connectivity index (χ2v) is 7.12. The highest BCUT2D eigenvalue weighted by Crippen LogP contribution is 2.29. The number of hydrogen-bond donors (Lipinski definition) is 1. The van der Waals surface area contributed by atoms with Crippen molar-refractivity contribution >= 4 is 31.6 Å². The summed E-state index contributed by atoms with van der Waals surface area (Å²) in [5, 5.41) is 0. The molecule has 2 rings (SSSR count). The quantitative estimate of drug-likeness (QED) is 0.875. The van der Waals surface area contributed by atoms with Gasteiger partial charge in [0.15, 0.2) is 5.82 Å². The highest BCUT2D eigenvalue weighted by atomic mass is 79.9. The molecule has 0 aliphatic carbocycles. The SMILES string of the molecule is Cc1ccc(C)c(S(=O)(=O)Nc2c(F)cc(F)cc2Br)c1. The molecule has 0 fully saturated rings. The van der Waals surface area contributed by atoms with Gasteiger partial charge in [-0.3, -0.25) is 4.72 Å². The van der Waals surface area contributed by atoms with E-state index in [-0.39, 0.29) is 15.1 Å². The predicted octanol–water partition coefficient (Wildman–Crippen LogP) is 4.14.